The lowest BCUT2D eigenvalue weighted by molar-refractivity contribution is 0.190. The zero-order valence-corrected chi connectivity index (χ0v) is 10.8. The molecule has 0 atom stereocenters. The molecule has 0 aliphatic heterocycles. The van der Waals surface area contributed by atoms with Crippen molar-refractivity contribution in [3.05, 3.63) is 24.0 Å². The third-order valence-electron chi connectivity index (χ3n) is 2.52. The van der Waals surface area contributed by atoms with E-state index < -0.39 is 0 Å². The third-order valence-corrected chi connectivity index (χ3v) is 2.52. The number of pyridine rings is 1. The molecule has 1 aromatic heterocycles. The summed E-state index contributed by atoms with van der Waals surface area (Å²) in [4.78, 5) is 6.26. The monoisotopic (exact) mass is 252 g/mol. The predicted octanol–water partition coefficient (Wildman–Crippen LogP) is 0.465. The minimum absolute atomic E-state index is 0.0260. The second kappa shape index (κ2) is 7.62. The Balaban J connectivity index is 2.73. The molecule has 0 saturated heterocycles. The molecule has 0 spiro atoms. The van der Waals surface area contributed by atoms with E-state index in [-0.39, 0.29) is 5.84 Å². The van der Waals surface area contributed by atoms with Gasteiger partial charge in [0, 0.05) is 27.3 Å². The van der Waals surface area contributed by atoms with Gasteiger partial charge < -0.3 is 20.1 Å². The van der Waals surface area contributed by atoms with Crippen LogP contribution in [0.2, 0.25) is 0 Å². The van der Waals surface area contributed by atoms with Gasteiger partial charge in [0.1, 0.15) is 11.5 Å². The number of ether oxygens (including phenoxy) is 2. The Morgan fingerprint density at radius 3 is 2.28 bits per heavy atom. The number of amidine groups is 1. The fourth-order valence-electron chi connectivity index (χ4n) is 1.51. The minimum atomic E-state index is -0.0260. The molecule has 0 amide bonds. The highest BCUT2D eigenvalue weighted by Crippen LogP contribution is 2.12. The van der Waals surface area contributed by atoms with E-state index in [2.05, 4.69) is 9.88 Å². The Labute approximate surface area is 107 Å². The van der Waals surface area contributed by atoms with Crippen LogP contribution in [0, 0.1) is 5.41 Å². The summed E-state index contributed by atoms with van der Waals surface area (Å²) < 4.78 is 10.2. The quantitative estimate of drug-likeness (QED) is 0.519. The van der Waals surface area contributed by atoms with E-state index in [1.54, 1.807) is 26.5 Å². The second-order valence-electron chi connectivity index (χ2n) is 3.79. The molecule has 0 fully saturated rings. The Morgan fingerprint density at radius 2 is 1.89 bits per heavy atom. The van der Waals surface area contributed by atoms with Gasteiger partial charge in [-0.05, 0) is 12.1 Å². The number of methoxy groups -OCH3 is 2. The van der Waals surface area contributed by atoms with Crippen LogP contribution in [-0.4, -0.2) is 51.3 Å². The summed E-state index contributed by atoms with van der Waals surface area (Å²) in [5.41, 5.74) is 6.82. The van der Waals surface area contributed by atoms with Gasteiger partial charge in [0.25, 0.3) is 0 Å². The summed E-state index contributed by atoms with van der Waals surface area (Å²) in [6.45, 7) is 2.80. The topological polar surface area (TPSA) is 84.5 Å². The Morgan fingerprint density at radius 1 is 1.28 bits per heavy atom. The van der Waals surface area contributed by atoms with Crippen LogP contribution in [-0.2, 0) is 9.47 Å². The van der Waals surface area contributed by atoms with Gasteiger partial charge in [-0.3, -0.25) is 10.4 Å². The van der Waals surface area contributed by atoms with Crippen molar-refractivity contribution in [2.45, 2.75) is 0 Å². The number of nitrogen functional groups attached to an aromatic ring is 1. The number of rotatable bonds is 8. The van der Waals surface area contributed by atoms with Crippen molar-refractivity contribution in [2.24, 2.45) is 5.73 Å². The summed E-state index contributed by atoms with van der Waals surface area (Å²) in [5, 5.41) is 7.30. The zero-order chi connectivity index (χ0) is 13.4. The first-order valence-corrected chi connectivity index (χ1v) is 5.72. The number of hydrogen-bond acceptors (Lipinski definition) is 5. The van der Waals surface area contributed by atoms with Crippen molar-refractivity contribution in [3.8, 4) is 0 Å². The van der Waals surface area contributed by atoms with E-state index in [0.29, 0.717) is 18.9 Å². The first-order chi connectivity index (χ1) is 8.69. The zero-order valence-electron chi connectivity index (χ0n) is 10.8. The highest BCUT2D eigenvalue weighted by molar-refractivity contribution is 5.93. The Bertz CT molecular complexity index is 359. The molecule has 6 heteroatoms. The van der Waals surface area contributed by atoms with Crippen molar-refractivity contribution in [3.63, 3.8) is 0 Å². The molecule has 0 aromatic carbocycles. The van der Waals surface area contributed by atoms with Gasteiger partial charge in [0.2, 0.25) is 0 Å². The highest BCUT2D eigenvalue weighted by Gasteiger charge is 2.07. The van der Waals surface area contributed by atoms with Crippen LogP contribution in [0.5, 0.6) is 0 Å². The number of hydrogen-bond donors (Lipinski definition) is 2. The average molecular weight is 252 g/mol. The van der Waals surface area contributed by atoms with E-state index in [0.717, 1.165) is 18.8 Å². The number of anilines is 1. The molecular weight excluding hydrogens is 232 g/mol. The van der Waals surface area contributed by atoms with Crippen molar-refractivity contribution in [2.75, 3.05) is 45.4 Å². The summed E-state index contributed by atoms with van der Waals surface area (Å²) in [5.74, 6) is -0.0260. The molecule has 1 rings (SSSR count). The van der Waals surface area contributed by atoms with Crippen molar-refractivity contribution in [1.29, 1.82) is 5.41 Å². The fourth-order valence-corrected chi connectivity index (χ4v) is 1.51. The van der Waals surface area contributed by atoms with Crippen LogP contribution >= 0.6 is 0 Å². The first-order valence-electron chi connectivity index (χ1n) is 5.72. The van der Waals surface area contributed by atoms with Crippen LogP contribution in [0.25, 0.3) is 0 Å². The fraction of sp³-hybridized carbons (Fsp3) is 0.500. The highest BCUT2D eigenvalue weighted by atomic mass is 16.5. The molecule has 6 nitrogen and oxygen atoms in total. The molecular formula is C12H20N4O2. The minimum Gasteiger partial charge on any atom is -0.383 e. The van der Waals surface area contributed by atoms with E-state index in [1.807, 2.05) is 6.07 Å². The lowest BCUT2D eigenvalue weighted by Crippen LogP contribution is -2.30. The molecule has 18 heavy (non-hydrogen) atoms. The van der Waals surface area contributed by atoms with Gasteiger partial charge in [-0.15, -0.1) is 0 Å². The molecule has 0 saturated carbocycles. The van der Waals surface area contributed by atoms with Crippen molar-refractivity contribution >= 4 is 11.5 Å². The maximum Gasteiger partial charge on any atom is 0.141 e. The van der Waals surface area contributed by atoms with Crippen molar-refractivity contribution in [1.82, 2.24) is 4.98 Å². The molecule has 3 N–H and O–H groups in total. The summed E-state index contributed by atoms with van der Waals surface area (Å²) >= 11 is 0. The van der Waals surface area contributed by atoms with Gasteiger partial charge >= 0.3 is 0 Å². The SMILES string of the molecule is COCCN(CCOC)c1ccc(C(=N)N)nc1. The van der Waals surface area contributed by atoms with Crippen LogP contribution in [0.4, 0.5) is 5.69 Å². The molecule has 1 heterocycles. The largest absolute Gasteiger partial charge is 0.383 e. The maximum atomic E-state index is 7.30. The maximum absolute atomic E-state index is 7.30. The standard InChI is InChI=1S/C12H20N4O2/c1-17-7-5-16(6-8-18-2)10-3-4-11(12(13)14)15-9-10/h3-4,9H,5-8H2,1-2H3,(H3,13,14). The van der Waals surface area contributed by atoms with Crippen LogP contribution in [0.15, 0.2) is 18.3 Å². The number of nitrogens with zero attached hydrogens (tertiary/aromatic N) is 2. The van der Waals surface area contributed by atoms with E-state index in [9.17, 15) is 0 Å². The summed E-state index contributed by atoms with van der Waals surface area (Å²) in [6, 6.07) is 3.64. The van der Waals surface area contributed by atoms with Crippen LogP contribution < -0.4 is 10.6 Å². The normalized spacial score (nSPS) is 10.3. The second-order valence-corrected chi connectivity index (χ2v) is 3.79. The Kier molecular flexibility index (Phi) is 6.10. The molecule has 100 valence electrons. The lowest BCUT2D eigenvalue weighted by Gasteiger charge is -2.23. The molecule has 0 aliphatic rings. The van der Waals surface area contributed by atoms with Gasteiger partial charge in [-0.25, -0.2) is 0 Å². The van der Waals surface area contributed by atoms with Crippen LogP contribution in [0.1, 0.15) is 5.69 Å². The Hall–Kier alpha value is -1.66. The van der Waals surface area contributed by atoms with E-state index in [4.69, 9.17) is 20.6 Å². The van der Waals surface area contributed by atoms with Crippen LogP contribution in [0.3, 0.4) is 0 Å². The lowest BCUT2D eigenvalue weighted by atomic mass is 10.3. The average Bonchev–Trinajstić information content (AvgIpc) is 2.39. The summed E-state index contributed by atoms with van der Waals surface area (Å²) in [7, 11) is 3.34. The molecule has 0 bridgehead atoms. The number of aromatic nitrogens is 1. The molecule has 1 aromatic rings. The molecule has 0 unspecified atom stereocenters. The first kappa shape index (κ1) is 14.4. The van der Waals surface area contributed by atoms with Gasteiger partial charge in [0.05, 0.1) is 25.1 Å². The van der Waals surface area contributed by atoms with E-state index >= 15 is 0 Å². The van der Waals surface area contributed by atoms with Crippen molar-refractivity contribution < 1.29 is 9.47 Å². The predicted molar refractivity (Wildman–Crippen MR) is 71.2 cm³/mol. The molecule has 0 radical (unpaired) electrons. The van der Waals surface area contributed by atoms with E-state index in [1.165, 1.54) is 0 Å². The molecule has 0 aliphatic carbocycles. The summed E-state index contributed by atoms with van der Waals surface area (Å²) in [6.07, 6.45) is 1.71. The van der Waals surface area contributed by atoms with Gasteiger partial charge in [-0.2, -0.15) is 0 Å². The number of nitrogens with one attached hydrogen (secondary N) is 1. The number of nitrogens with two attached hydrogens (primary N) is 1. The van der Waals surface area contributed by atoms with Gasteiger partial charge in [0.15, 0.2) is 0 Å². The van der Waals surface area contributed by atoms with Gasteiger partial charge in [-0.1, -0.05) is 0 Å². The smallest absolute Gasteiger partial charge is 0.141 e. The third kappa shape index (κ3) is 4.31.